The Hall–Kier alpha value is -2.14. The lowest BCUT2D eigenvalue weighted by molar-refractivity contribution is -0.154. The van der Waals surface area contributed by atoms with Crippen LogP contribution in [-0.2, 0) is 17.9 Å². The van der Waals surface area contributed by atoms with Gasteiger partial charge in [0.2, 0.25) is 11.8 Å². The molecule has 0 spiro atoms. The monoisotopic (exact) mass is 317 g/mol. The fourth-order valence-corrected chi connectivity index (χ4v) is 3.38. The van der Waals surface area contributed by atoms with Gasteiger partial charge in [0.05, 0.1) is 0 Å². The quantitative estimate of drug-likeness (QED) is 0.882. The molecule has 2 atom stereocenters. The van der Waals surface area contributed by atoms with Crippen LogP contribution < -0.4 is 0 Å². The van der Waals surface area contributed by atoms with E-state index in [9.17, 15) is 19.4 Å². The Morgan fingerprint density at radius 2 is 1.87 bits per heavy atom. The Morgan fingerprint density at radius 1 is 1.30 bits per heavy atom. The van der Waals surface area contributed by atoms with Gasteiger partial charge in [-0.25, -0.2) is 4.39 Å². The Labute approximate surface area is 134 Å². The highest BCUT2D eigenvalue weighted by Gasteiger charge is 2.49. The Balaban J connectivity index is 1.86. The number of aliphatic hydroxyl groups is 2. The first-order valence-corrected chi connectivity index (χ1v) is 7.71. The SMILES string of the molecule is CC(C)C1=C(O)C=CC(C(=O)N2Cc3ccccc3C2)C1(O)F. The molecule has 1 aromatic rings. The topological polar surface area (TPSA) is 60.8 Å². The van der Waals surface area contributed by atoms with Crippen LogP contribution in [0.5, 0.6) is 0 Å². The molecule has 23 heavy (non-hydrogen) atoms. The van der Waals surface area contributed by atoms with Crippen molar-refractivity contribution in [3.63, 3.8) is 0 Å². The molecule has 0 fully saturated rings. The molecule has 0 saturated carbocycles. The summed E-state index contributed by atoms with van der Waals surface area (Å²) in [7, 11) is 0. The summed E-state index contributed by atoms with van der Waals surface area (Å²) in [6.45, 7) is 4.15. The van der Waals surface area contributed by atoms with Gasteiger partial charge in [-0.05, 0) is 23.1 Å². The molecule has 0 aromatic heterocycles. The molecule has 2 N–H and O–H groups in total. The zero-order valence-electron chi connectivity index (χ0n) is 13.2. The number of rotatable bonds is 2. The second kappa shape index (κ2) is 5.49. The predicted molar refractivity (Wildman–Crippen MR) is 83.9 cm³/mol. The number of hydrogen-bond acceptors (Lipinski definition) is 3. The van der Waals surface area contributed by atoms with Gasteiger partial charge in [-0.3, -0.25) is 4.79 Å². The van der Waals surface area contributed by atoms with Gasteiger partial charge < -0.3 is 15.1 Å². The number of nitrogens with zero attached hydrogens (tertiary/aromatic N) is 1. The molecule has 4 nitrogen and oxygen atoms in total. The molecule has 0 bridgehead atoms. The van der Waals surface area contributed by atoms with Crippen LogP contribution in [0.1, 0.15) is 25.0 Å². The third-order valence-electron chi connectivity index (χ3n) is 4.51. The highest BCUT2D eigenvalue weighted by atomic mass is 19.2. The molecule has 0 saturated heterocycles. The van der Waals surface area contributed by atoms with Crippen molar-refractivity contribution in [3.05, 3.63) is 58.9 Å². The molecule has 1 aliphatic heterocycles. The van der Waals surface area contributed by atoms with Crippen LogP contribution in [0.3, 0.4) is 0 Å². The van der Waals surface area contributed by atoms with Crippen LogP contribution in [0.2, 0.25) is 0 Å². The zero-order valence-corrected chi connectivity index (χ0v) is 13.2. The number of allylic oxidation sites excluding steroid dienone is 1. The fraction of sp³-hybridized carbons (Fsp3) is 0.389. The minimum Gasteiger partial charge on any atom is -0.508 e. The van der Waals surface area contributed by atoms with E-state index in [0.717, 1.165) is 11.1 Å². The number of halogens is 1. The summed E-state index contributed by atoms with van der Waals surface area (Å²) in [6.07, 6.45) is 2.54. The molecule has 1 heterocycles. The van der Waals surface area contributed by atoms with Crippen LogP contribution in [0, 0.1) is 11.8 Å². The molecular formula is C18H20FNO3. The van der Waals surface area contributed by atoms with Crippen LogP contribution in [0.4, 0.5) is 4.39 Å². The fourth-order valence-electron chi connectivity index (χ4n) is 3.38. The average molecular weight is 317 g/mol. The Bertz CT molecular complexity index is 681. The zero-order chi connectivity index (χ0) is 16.8. The van der Waals surface area contributed by atoms with Gasteiger partial charge in [-0.15, -0.1) is 0 Å². The lowest BCUT2D eigenvalue weighted by Crippen LogP contribution is -2.47. The standard InChI is InChI=1S/C18H20FNO3/c1-11(2)16-15(21)8-7-14(18(16,19)23)17(22)20-9-12-5-3-4-6-13(12)10-20/h3-8,11,14,21,23H,9-10H2,1-2H3. The van der Waals surface area contributed by atoms with E-state index in [0.29, 0.717) is 13.1 Å². The van der Waals surface area contributed by atoms with Crippen LogP contribution in [0.15, 0.2) is 47.7 Å². The maximum Gasteiger partial charge on any atom is 0.248 e. The van der Waals surface area contributed by atoms with Crippen molar-refractivity contribution in [2.24, 2.45) is 11.8 Å². The minimum absolute atomic E-state index is 0.143. The Kier molecular flexibility index (Phi) is 3.76. The summed E-state index contributed by atoms with van der Waals surface area (Å²) >= 11 is 0. The summed E-state index contributed by atoms with van der Waals surface area (Å²) in [5.74, 6) is -5.42. The molecule has 1 aliphatic carbocycles. The van der Waals surface area contributed by atoms with E-state index in [1.54, 1.807) is 13.8 Å². The van der Waals surface area contributed by atoms with Crippen molar-refractivity contribution >= 4 is 5.91 Å². The molecular weight excluding hydrogens is 297 g/mol. The van der Waals surface area contributed by atoms with E-state index in [1.807, 2.05) is 24.3 Å². The summed E-state index contributed by atoms with van der Waals surface area (Å²) in [6, 6.07) is 7.67. The first-order valence-electron chi connectivity index (χ1n) is 7.71. The molecule has 3 rings (SSSR count). The number of hydrogen-bond donors (Lipinski definition) is 2. The Morgan fingerprint density at radius 3 is 2.39 bits per heavy atom. The van der Waals surface area contributed by atoms with E-state index < -0.39 is 23.6 Å². The second-order valence-corrected chi connectivity index (χ2v) is 6.43. The van der Waals surface area contributed by atoms with E-state index in [2.05, 4.69) is 0 Å². The van der Waals surface area contributed by atoms with Crippen molar-refractivity contribution in [1.29, 1.82) is 0 Å². The number of carbonyl (C=O) groups excluding carboxylic acids is 1. The summed E-state index contributed by atoms with van der Waals surface area (Å²) in [5, 5.41) is 20.1. The molecule has 1 amide bonds. The van der Waals surface area contributed by atoms with E-state index in [4.69, 9.17) is 0 Å². The summed E-state index contributed by atoms with van der Waals surface area (Å²) in [4.78, 5) is 14.3. The van der Waals surface area contributed by atoms with Crippen molar-refractivity contribution in [2.45, 2.75) is 32.8 Å². The number of carbonyl (C=O) groups is 1. The average Bonchev–Trinajstić information content (AvgIpc) is 2.89. The van der Waals surface area contributed by atoms with Gasteiger partial charge in [0, 0.05) is 18.7 Å². The van der Waals surface area contributed by atoms with Crippen molar-refractivity contribution in [2.75, 3.05) is 0 Å². The maximum atomic E-state index is 15.0. The lowest BCUT2D eigenvalue weighted by Gasteiger charge is -2.35. The van der Waals surface area contributed by atoms with Gasteiger partial charge in [0.1, 0.15) is 11.7 Å². The first kappa shape index (κ1) is 15.7. The molecule has 5 heteroatoms. The number of aliphatic hydroxyl groups excluding tert-OH is 1. The summed E-state index contributed by atoms with van der Waals surface area (Å²) < 4.78 is 15.0. The van der Waals surface area contributed by atoms with Crippen molar-refractivity contribution in [3.8, 4) is 0 Å². The van der Waals surface area contributed by atoms with Gasteiger partial charge in [-0.1, -0.05) is 44.2 Å². The van der Waals surface area contributed by atoms with E-state index in [1.165, 1.54) is 17.1 Å². The number of amides is 1. The molecule has 2 unspecified atom stereocenters. The van der Waals surface area contributed by atoms with Crippen molar-refractivity contribution in [1.82, 2.24) is 4.90 Å². The van der Waals surface area contributed by atoms with Crippen LogP contribution >= 0.6 is 0 Å². The van der Waals surface area contributed by atoms with Crippen LogP contribution in [-0.4, -0.2) is 26.9 Å². The smallest absolute Gasteiger partial charge is 0.248 e. The minimum atomic E-state index is -2.88. The molecule has 0 radical (unpaired) electrons. The number of benzene rings is 1. The largest absolute Gasteiger partial charge is 0.508 e. The predicted octanol–water partition coefficient (Wildman–Crippen LogP) is 2.84. The van der Waals surface area contributed by atoms with E-state index in [-0.39, 0.29) is 11.3 Å². The van der Waals surface area contributed by atoms with E-state index >= 15 is 0 Å². The van der Waals surface area contributed by atoms with Gasteiger partial charge in [0.15, 0.2) is 0 Å². The van der Waals surface area contributed by atoms with Crippen molar-refractivity contribution < 1.29 is 19.4 Å². The highest BCUT2D eigenvalue weighted by molar-refractivity contribution is 5.83. The van der Waals surface area contributed by atoms with Gasteiger partial charge >= 0.3 is 0 Å². The highest BCUT2D eigenvalue weighted by Crippen LogP contribution is 2.40. The first-order chi connectivity index (χ1) is 10.8. The second-order valence-electron chi connectivity index (χ2n) is 6.43. The maximum absolute atomic E-state index is 15.0. The summed E-state index contributed by atoms with van der Waals surface area (Å²) in [5.41, 5.74) is 1.92. The normalized spacial score (nSPS) is 26.8. The van der Waals surface area contributed by atoms with Gasteiger partial charge in [0.25, 0.3) is 0 Å². The molecule has 122 valence electrons. The third kappa shape index (κ3) is 2.55. The lowest BCUT2D eigenvalue weighted by atomic mass is 9.81. The third-order valence-corrected chi connectivity index (χ3v) is 4.51. The van der Waals surface area contributed by atoms with Gasteiger partial charge in [-0.2, -0.15) is 0 Å². The van der Waals surface area contributed by atoms with Crippen LogP contribution in [0.25, 0.3) is 0 Å². The molecule has 2 aliphatic rings. The molecule has 1 aromatic carbocycles. The number of alkyl halides is 1. The number of fused-ring (bicyclic) bond motifs is 1.